The molecule has 0 fully saturated rings. The lowest BCUT2D eigenvalue weighted by Crippen LogP contribution is -2.29. The van der Waals surface area contributed by atoms with Crippen LogP contribution in [0.3, 0.4) is 0 Å². The standard InChI is InChI=1S/C22H21N5O5S/c1-12-16-19(33-18(12)22(31)32-4)23-11-26(20(16)29)10-15(28)24-17-13(2)25(3)27(21(17)30)14-8-6-5-7-9-14/h5-9,11H,10H2,1-4H3,(H,24,28). The first-order chi connectivity index (χ1) is 15.7. The smallest absolute Gasteiger partial charge is 0.348 e. The molecule has 3 heterocycles. The van der Waals surface area contributed by atoms with Gasteiger partial charge in [0, 0.05) is 7.05 Å². The summed E-state index contributed by atoms with van der Waals surface area (Å²) in [4.78, 5) is 55.5. The highest BCUT2D eigenvalue weighted by Gasteiger charge is 2.22. The topological polar surface area (TPSA) is 117 Å². The van der Waals surface area contributed by atoms with Crippen molar-refractivity contribution in [2.45, 2.75) is 20.4 Å². The molecule has 170 valence electrons. The van der Waals surface area contributed by atoms with Crippen molar-refractivity contribution in [2.24, 2.45) is 7.05 Å². The zero-order chi connectivity index (χ0) is 23.9. The van der Waals surface area contributed by atoms with Crippen molar-refractivity contribution < 1.29 is 14.3 Å². The average Bonchev–Trinajstić information content (AvgIpc) is 3.25. The van der Waals surface area contributed by atoms with Crippen molar-refractivity contribution in [3.63, 3.8) is 0 Å². The number of para-hydroxylation sites is 1. The minimum absolute atomic E-state index is 0.133. The van der Waals surface area contributed by atoms with E-state index in [2.05, 4.69) is 10.3 Å². The van der Waals surface area contributed by atoms with Crippen molar-refractivity contribution in [2.75, 3.05) is 12.4 Å². The molecule has 10 nitrogen and oxygen atoms in total. The van der Waals surface area contributed by atoms with Crippen LogP contribution in [0.5, 0.6) is 0 Å². The highest BCUT2D eigenvalue weighted by molar-refractivity contribution is 7.20. The predicted molar refractivity (Wildman–Crippen MR) is 124 cm³/mol. The number of hydrogen-bond donors (Lipinski definition) is 1. The third kappa shape index (κ3) is 3.76. The van der Waals surface area contributed by atoms with Gasteiger partial charge in [-0.3, -0.25) is 23.6 Å². The molecule has 0 spiro atoms. The van der Waals surface area contributed by atoms with E-state index in [1.807, 2.05) is 18.2 Å². The third-order valence-corrected chi connectivity index (χ3v) is 6.60. The molecule has 11 heteroatoms. The summed E-state index contributed by atoms with van der Waals surface area (Å²) in [5.41, 5.74) is 0.979. The Kier molecular flexibility index (Phi) is 5.73. The first kappa shape index (κ1) is 22.2. The Balaban J connectivity index is 1.65. The van der Waals surface area contributed by atoms with E-state index in [1.165, 1.54) is 18.1 Å². The second-order valence-corrected chi connectivity index (χ2v) is 8.39. The summed E-state index contributed by atoms with van der Waals surface area (Å²) >= 11 is 1.06. The normalized spacial score (nSPS) is 11.0. The Morgan fingerprint density at radius 3 is 2.48 bits per heavy atom. The first-order valence-electron chi connectivity index (χ1n) is 9.95. The number of anilines is 1. The highest BCUT2D eigenvalue weighted by atomic mass is 32.1. The lowest BCUT2D eigenvalue weighted by atomic mass is 10.2. The molecule has 1 amide bonds. The van der Waals surface area contributed by atoms with Gasteiger partial charge in [0.1, 0.15) is 21.9 Å². The fourth-order valence-electron chi connectivity index (χ4n) is 3.61. The quantitative estimate of drug-likeness (QED) is 0.449. The monoisotopic (exact) mass is 467 g/mol. The molecule has 0 aliphatic rings. The number of carbonyl (C=O) groups is 2. The van der Waals surface area contributed by atoms with Crippen LogP contribution >= 0.6 is 11.3 Å². The Hall–Kier alpha value is -3.99. The van der Waals surface area contributed by atoms with Crippen molar-refractivity contribution in [1.82, 2.24) is 18.9 Å². The van der Waals surface area contributed by atoms with Crippen molar-refractivity contribution in [3.05, 3.63) is 73.5 Å². The van der Waals surface area contributed by atoms with Gasteiger partial charge in [0.2, 0.25) is 5.91 Å². The molecule has 0 atom stereocenters. The van der Waals surface area contributed by atoms with E-state index < -0.39 is 17.4 Å². The average molecular weight is 468 g/mol. The summed E-state index contributed by atoms with van der Waals surface area (Å²) in [5, 5.41) is 2.89. The number of amides is 1. The molecule has 3 aromatic heterocycles. The molecule has 4 rings (SSSR count). The number of esters is 1. The van der Waals surface area contributed by atoms with Crippen LogP contribution in [0.25, 0.3) is 15.9 Å². The maximum absolute atomic E-state index is 13.0. The molecular formula is C22H21N5O5S. The molecule has 0 saturated carbocycles. The highest BCUT2D eigenvalue weighted by Crippen LogP contribution is 2.27. The number of benzene rings is 1. The number of thiophene rings is 1. The van der Waals surface area contributed by atoms with Crippen LogP contribution in [0.4, 0.5) is 5.69 Å². The number of fused-ring (bicyclic) bond motifs is 1. The van der Waals surface area contributed by atoms with E-state index in [-0.39, 0.29) is 23.2 Å². The number of rotatable bonds is 5. The van der Waals surface area contributed by atoms with Crippen LogP contribution in [0, 0.1) is 13.8 Å². The van der Waals surface area contributed by atoms with Crippen molar-refractivity contribution >= 4 is 39.1 Å². The van der Waals surface area contributed by atoms with Crippen molar-refractivity contribution in [1.29, 1.82) is 0 Å². The Morgan fingerprint density at radius 1 is 1.12 bits per heavy atom. The predicted octanol–water partition coefficient (Wildman–Crippen LogP) is 1.99. The number of aryl methyl sites for hydroxylation is 1. The van der Waals surface area contributed by atoms with E-state index in [1.54, 1.807) is 37.7 Å². The van der Waals surface area contributed by atoms with Gasteiger partial charge in [-0.2, -0.15) is 0 Å². The molecule has 1 N–H and O–H groups in total. The number of hydrogen-bond acceptors (Lipinski definition) is 7. The van der Waals surface area contributed by atoms with Gasteiger partial charge in [0.05, 0.1) is 30.2 Å². The summed E-state index contributed by atoms with van der Waals surface area (Å²) in [6.07, 6.45) is 1.25. The van der Waals surface area contributed by atoms with Crippen LogP contribution in [0.1, 0.15) is 20.9 Å². The minimum atomic E-state index is -0.551. The fraction of sp³-hybridized carbons (Fsp3) is 0.227. The van der Waals surface area contributed by atoms with E-state index in [0.717, 1.165) is 15.9 Å². The summed E-state index contributed by atoms with van der Waals surface area (Å²) in [6.45, 7) is 3.01. The van der Waals surface area contributed by atoms with E-state index >= 15 is 0 Å². The first-order valence-corrected chi connectivity index (χ1v) is 10.8. The summed E-state index contributed by atoms with van der Waals surface area (Å²) in [5.74, 6) is -1.10. The molecule has 0 aliphatic carbocycles. The van der Waals surface area contributed by atoms with Gasteiger partial charge in [0.15, 0.2) is 0 Å². The Labute approximate surface area is 191 Å². The lowest BCUT2D eigenvalue weighted by Gasteiger charge is -2.07. The Morgan fingerprint density at radius 2 is 1.82 bits per heavy atom. The van der Waals surface area contributed by atoms with E-state index in [4.69, 9.17) is 4.74 Å². The maximum atomic E-state index is 13.0. The molecule has 0 saturated heterocycles. The van der Waals surface area contributed by atoms with E-state index in [9.17, 15) is 19.2 Å². The summed E-state index contributed by atoms with van der Waals surface area (Å²) in [6, 6.07) is 9.06. The molecule has 0 unspecified atom stereocenters. The van der Waals surface area contributed by atoms with Gasteiger partial charge in [-0.1, -0.05) is 18.2 Å². The molecule has 0 radical (unpaired) electrons. The second kappa shape index (κ2) is 8.51. The summed E-state index contributed by atoms with van der Waals surface area (Å²) < 4.78 is 9.00. The summed E-state index contributed by atoms with van der Waals surface area (Å²) in [7, 11) is 2.99. The number of aromatic nitrogens is 4. The zero-order valence-electron chi connectivity index (χ0n) is 18.4. The number of nitrogens with zero attached hydrogens (tertiary/aromatic N) is 4. The Bertz CT molecular complexity index is 1510. The second-order valence-electron chi connectivity index (χ2n) is 7.39. The molecule has 0 bridgehead atoms. The van der Waals surface area contributed by atoms with Gasteiger partial charge < -0.3 is 10.1 Å². The molecule has 33 heavy (non-hydrogen) atoms. The fourth-order valence-corrected chi connectivity index (χ4v) is 4.66. The molecular weight excluding hydrogens is 446 g/mol. The van der Waals surface area contributed by atoms with Crippen LogP contribution < -0.4 is 16.4 Å². The maximum Gasteiger partial charge on any atom is 0.348 e. The van der Waals surface area contributed by atoms with Gasteiger partial charge in [-0.05, 0) is 31.5 Å². The van der Waals surface area contributed by atoms with Crippen molar-refractivity contribution in [3.8, 4) is 5.69 Å². The lowest BCUT2D eigenvalue weighted by molar-refractivity contribution is -0.116. The molecule has 1 aromatic carbocycles. The van der Waals surface area contributed by atoms with Gasteiger partial charge in [0.25, 0.3) is 11.1 Å². The number of ether oxygens (including phenoxy) is 1. The molecule has 0 aliphatic heterocycles. The number of nitrogens with one attached hydrogen (secondary N) is 1. The van der Waals surface area contributed by atoms with Crippen LogP contribution in [0.2, 0.25) is 0 Å². The van der Waals surface area contributed by atoms with Gasteiger partial charge in [-0.15, -0.1) is 11.3 Å². The third-order valence-electron chi connectivity index (χ3n) is 5.42. The number of methoxy groups -OCH3 is 1. The van der Waals surface area contributed by atoms with Crippen LogP contribution in [0.15, 0.2) is 46.2 Å². The van der Waals surface area contributed by atoms with Gasteiger partial charge in [-0.25, -0.2) is 14.5 Å². The van der Waals surface area contributed by atoms with Crippen LogP contribution in [-0.4, -0.2) is 37.9 Å². The van der Waals surface area contributed by atoms with Crippen LogP contribution in [-0.2, 0) is 23.1 Å². The van der Waals surface area contributed by atoms with Gasteiger partial charge >= 0.3 is 5.97 Å². The number of carbonyl (C=O) groups excluding carboxylic acids is 2. The SMILES string of the molecule is COC(=O)c1sc2ncn(CC(=O)Nc3c(C)n(C)n(-c4ccccc4)c3=O)c(=O)c2c1C. The zero-order valence-corrected chi connectivity index (χ0v) is 19.2. The molecule has 4 aromatic rings. The van der Waals surface area contributed by atoms with E-state index in [0.29, 0.717) is 26.7 Å². The minimum Gasteiger partial charge on any atom is -0.465 e. The largest absolute Gasteiger partial charge is 0.465 e.